The molecular formula is C28H30N4O6. The summed E-state index contributed by atoms with van der Waals surface area (Å²) in [4.78, 5) is 36.4. The van der Waals surface area contributed by atoms with Crippen molar-refractivity contribution in [3.05, 3.63) is 70.9 Å². The lowest BCUT2D eigenvalue weighted by molar-refractivity contribution is -0.142. The number of anilines is 2. The highest BCUT2D eigenvalue weighted by molar-refractivity contribution is 6.04. The van der Waals surface area contributed by atoms with Crippen molar-refractivity contribution < 1.29 is 28.6 Å². The second-order valence-corrected chi connectivity index (χ2v) is 8.54. The fraction of sp³-hybridized carbons (Fsp3) is 0.286. The molecule has 0 aliphatic carbocycles. The van der Waals surface area contributed by atoms with Gasteiger partial charge in [0.25, 0.3) is 5.91 Å². The highest BCUT2D eigenvalue weighted by Gasteiger charge is 2.13. The van der Waals surface area contributed by atoms with E-state index in [9.17, 15) is 14.4 Å². The molecule has 0 fully saturated rings. The molecule has 0 unspecified atom stereocenters. The van der Waals surface area contributed by atoms with E-state index in [4.69, 9.17) is 9.47 Å². The van der Waals surface area contributed by atoms with Crippen LogP contribution in [0.15, 0.2) is 48.7 Å². The minimum atomic E-state index is -0.624. The number of nitrogens with one attached hydrogen (secondary N) is 2. The molecule has 0 radical (unpaired) electrons. The Balaban J connectivity index is 1.88. The summed E-state index contributed by atoms with van der Waals surface area (Å²) in [5, 5.41) is 9.65. The standard InChI is InChI=1S/C28H30N4O6/c1-18-6-7-20(14-24(18)29-26(33)16-27(34)37-5)8-9-21-12-22(15-23(13-21)38-19(2)17-36-4)28(35)30-25-10-11-32(3)31-25/h6-7,10-15,19H,16-17H2,1-5H3,(H,29,33)(H,30,31,35)/t19-/m0/s1. The lowest BCUT2D eigenvalue weighted by Crippen LogP contribution is -2.19. The first kappa shape index (κ1) is 28.0. The third kappa shape index (κ3) is 8.21. The number of benzene rings is 2. The molecule has 2 N–H and O–H groups in total. The molecule has 10 nitrogen and oxygen atoms in total. The van der Waals surface area contributed by atoms with Crippen LogP contribution in [0.5, 0.6) is 5.75 Å². The third-order valence-electron chi connectivity index (χ3n) is 5.26. The number of amides is 2. The highest BCUT2D eigenvalue weighted by Crippen LogP contribution is 2.21. The number of esters is 1. The van der Waals surface area contributed by atoms with Crippen molar-refractivity contribution in [3.8, 4) is 17.6 Å². The number of aromatic nitrogens is 2. The van der Waals surface area contributed by atoms with Crippen LogP contribution in [0.4, 0.5) is 11.5 Å². The molecule has 1 heterocycles. The Morgan fingerprint density at radius 3 is 2.47 bits per heavy atom. The van der Waals surface area contributed by atoms with Crippen molar-refractivity contribution in [1.82, 2.24) is 9.78 Å². The van der Waals surface area contributed by atoms with E-state index in [0.717, 1.165) is 5.56 Å². The maximum atomic E-state index is 12.9. The smallest absolute Gasteiger partial charge is 0.315 e. The molecule has 0 bridgehead atoms. The first-order valence-electron chi connectivity index (χ1n) is 11.8. The Labute approximate surface area is 221 Å². The van der Waals surface area contributed by atoms with Gasteiger partial charge in [-0.15, -0.1) is 0 Å². The van der Waals surface area contributed by atoms with Crippen LogP contribution in [0.25, 0.3) is 0 Å². The summed E-state index contributed by atoms with van der Waals surface area (Å²) in [5.74, 6) is 5.54. The number of nitrogens with zero attached hydrogens (tertiary/aromatic N) is 2. The summed E-state index contributed by atoms with van der Waals surface area (Å²) in [7, 11) is 4.57. The zero-order chi connectivity index (χ0) is 27.7. The van der Waals surface area contributed by atoms with Gasteiger partial charge in [-0.25, -0.2) is 0 Å². The van der Waals surface area contributed by atoms with Gasteiger partial charge >= 0.3 is 5.97 Å². The zero-order valence-corrected chi connectivity index (χ0v) is 22.0. The van der Waals surface area contributed by atoms with Gasteiger partial charge in [0.1, 0.15) is 18.3 Å². The predicted molar refractivity (Wildman–Crippen MR) is 142 cm³/mol. The molecule has 2 aromatic carbocycles. The SMILES string of the molecule is COC[C@H](C)Oc1cc(C#Cc2ccc(C)c(NC(=O)CC(=O)OC)c2)cc(C(=O)Nc2ccn(C)n2)c1. The van der Waals surface area contributed by atoms with Crippen LogP contribution in [-0.2, 0) is 26.1 Å². The van der Waals surface area contributed by atoms with Crippen LogP contribution in [0, 0.1) is 18.8 Å². The van der Waals surface area contributed by atoms with Crippen molar-refractivity contribution in [2.75, 3.05) is 31.5 Å². The monoisotopic (exact) mass is 518 g/mol. The molecule has 0 saturated carbocycles. The van der Waals surface area contributed by atoms with Crippen LogP contribution >= 0.6 is 0 Å². The average molecular weight is 519 g/mol. The molecule has 1 atom stereocenters. The Hall–Kier alpha value is -4.62. The van der Waals surface area contributed by atoms with Gasteiger partial charge in [-0.05, 0) is 49.7 Å². The second-order valence-electron chi connectivity index (χ2n) is 8.54. The van der Waals surface area contributed by atoms with Crippen molar-refractivity contribution in [1.29, 1.82) is 0 Å². The normalized spacial score (nSPS) is 11.1. The first-order chi connectivity index (χ1) is 18.2. The molecule has 10 heteroatoms. The van der Waals surface area contributed by atoms with Crippen molar-refractivity contribution in [3.63, 3.8) is 0 Å². The molecule has 1 aromatic heterocycles. The molecule has 0 spiro atoms. The minimum Gasteiger partial charge on any atom is -0.488 e. The summed E-state index contributed by atoms with van der Waals surface area (Å²) in [6, 6.07) is 12.1. The predicted octanol–water partition coefficient (Wildman–Crippen LogP) is 3.30. The lowest BCUT2D eigenvalue weighted by atomic mass is 10.1. The van der Waals surface area contributed by atoms with E-state index in [1.165, 1.54) is 7.11 Å². The van der Waals surface area contributed by atoms with E-state index >= 15 is 0 Å². The summed E-state index contributed by atoms with van der Waals surface area (Å²) in [6.07, 6.45) is 1.10. The van der Waals surface area contributed by atoms with Crippen molar-refractivity contribution in [2.45, 2.75) is 26.4 Å². The molecule has 3 rings (SSSR count). The number of hydrogen-bond acceptors (Lipinski definition) is 7. The average Bonchev–Trinajstić information content (AvgIpc) is 3.28. The number of aryl methyl sites for hydroxylation is 2. The maximum Gasteiger partial charge on any atom is 0.315 e. The molecule has 2 amide bonds. The summed E-state index contributed by atoms with van der Waals surface area (Å²) < 4.78 is 17.2. The Bertz CT molecular complexity index is 1390. The minimum absolute atomic E-state index is 0.247. The van der Waals surface area contributed by atoms with Gasteiger partial charge < -0.3 is 24.8 Å². The molecule has 0 aliphatic rings. The van der Waals surface area contributed by atoms with E-state index in [2.05, 4.69) is 32.3 Å². The molecule has 198 valence electrons. The van der Waals surface area contributed by atoms with Crippen LogP contribution in [0.1, 0.15) is 40.4 Å². The summed E-state index contributed by atoms with van der Waals surface area (Å²) in [5.41, 5.74) is 2.87. The number of carbonyl (C=O) groups excluding carboxylic acids is 3. The van der Waals surface area contributed by atoms with Crippen LogP contribution in [-0.4, -0.2) is 54.5 Å². The van der Waals surface area contributed by atoms with Gasteiger partial charge in [-0.3, -0.25) is 19.1 Å². The quantitative estimate of drug-likeness (QED) is 0.253. The molecular weight excluding hydrogens is 488 g/mol. The van der Waals surface area contributed by atoms with E-state index in [1.54, 1.807) is 55.4 Å². The van der Waals surface area contributed by atoms with Gasteiger partial charge in [0.2, 0.25) is 5.91 Å². The van der Waals surface area contributed by atoms with E-state index in [0.29, 0.717) is 40.6 Å². The molecule has 0 saturated heterocycles. The number of rotatable bonds is 9. The van der Waals surface area contributed by atoms with Gasteiger partial charge in [-0.2, -0.15) is 5.10 Å². The van der Waals surface area contributed by atoms with Gasteiger partial charge in [-0.1, -0.05) is 17.9 Å². The van der Waals surface area contributed by atoms with Crippen LogP contribution < -0.4 is 15.4 Å². The Morgan fingerprint density at radius 2 is 1.79 bits per heavy atom. The number of ether oxygens (including phenoxy) is 3. The van der Waals surface area contributed by atoms with E-state index < -0.39 is 11.9 Å². The van der Waals surface area contributed by atoms with Crippen molar-refractivity contribution in [2.24, 2.45) is 7.05 Å². The van der Waals surface area contributed by atoms with Crippen LogP contribution in [0.3, 0.4) is 0 Å². The van der Waals surface area contributed by atoms with Crippen LogP contribution in [0.2, 0.25) is 0 Å². The molecule has 3 aromatic rings. The first-order valence-corrected chi connectivity index (χ1v) is 11.8. The van der Waals surface area contributed by atoms with Gasteiger partial charge in [0.05, 0.1) is 13.7 Å². The number of carbonyl (C=O) groups is 3. The van der Waals surface area contributed by atoms with Gasteiger partial charge in [0, 0.05) is 48.8 Å². The number of hydrogen-bond donors (Lipinski definition) is 2. The maximum absolute atomic E-state index is 12.9. The highest BCUT2D eigenvalue weighted by atomic mass is 16.5. The summed E-state index contributed by atoms with van der Waals surface area (Å²) >= 11 is 0. The van der Waals surface area contributed by atoms with E-state index in [1.807, 2.05) is 26.0 Å². The number of methoxy groups -OCH3 is 2. The van der Waals surface area contributed by atoms with Crippen molar-refractivity contribution >= 4 is 29.3 Å². The Morgan fingerprint density at radius 1 is 1.03 bits per heavy atom. The zero-order valence-electron chi connectivity index (χ0n) is 22.0. The fourth-order valence-electron chi connectivity index (χ4n) is 3.42. The Kier molecular flexibility index (Phi) is 9.62. The van der Waals surface area contributed by atoms with E-state index in [-0.39, 0.29) is 18.4 Å². The molecule has 0 aliphatic heterocycles. The lowest BCUT2D eigenvalue weighted by Gasteiger charge is -2.15. The topological polar surface area (TPSA) is 121 Å². The largest absolute Gasteiger partial charge is 0.488 e. The second kappa shape index (κ2) is 13.1. The fourth-order valence-corrected chi connectivity index (χ4v) is 3.42. The van der Waals surface area contributed by atoms with Gasteiger partial charge in [0.15, 0.2) is 5.82 Å². The molecule has 38 heavy (non-hydrogen) atoms. The summed E-state index contributed by atoms with van der Waals surface area (Å²) in [6.45, 7) is 4.07. The third-order valence-corrected chi connectivity index (χ3v) is 5.26.